The molecule has 1 saturated heterocycles. The van der Waals surface area contributed by atoms with E-state index in [1.807, 2.05) is 30.1 Å². The first-order valence-corrected chi connectivity index (χ1v) is 7.99. The van der Waals surface area contributed by atoms with Gasteiger partial charge in [-0.15, -0.1) is 0 Å². The third kappa shape index (κ3) is 3.90. The summed E-state index contributed by atoms with van der Waals surface area (Å²) in [5.74, 6) is 0.0788. The van der Waals surface area contributed by atoms with Crippen molar-refractivity contribution in [3.63, 3.8) is 0 Å². The van der Waals surface area contributed by atoms with E-state index < -0.39 is 0 Å². The van der Waals surface area contributed by atoms with Gasteiger partial charge in [0.2, 0.25) is 0 Å². The quantitative estimate of drug-likeness (QED) is 0.735. The molecule has 1 N–H and O–H groups in total. The van der Waals surface area contributed by atoms with E-state index in [0.29, 0.717) is 19.7 Å². The van der Waals surface area contributed by atoms with Crippen molar-refractivity contribution in [2.45, 2.75) is 6.10 Å². The molecule has 1 amide bonds. The standard InChI is InChI=1S/C13H16BrIN2O2/c1-16-7-10-8-17(4-5-19-10)13(18)11-6-9(14)2-3-12(11)15/h2-3,6,10,16H,4-5,7-8H2,1H3. The molecule has 4 nitrogen and oxygen atoms in total. The Morgan fingerprint density at radius 1 is 1.63 bits per heavy atom. The first-order chi connectivity index (χ1) is 9.11. The molecule has 0 aromatic heterocycles. The van der Waals surface area contributed by atoms with Crippen LogP contribution in [0.25, 0.3) is 0 Å². The van der Waals surface area contributed by atoms with E-state index in [-0.39, 0.29) is 12.0 Å². The molecular formula is C13H16BrIN2O2. The number of amides is 1. The first-order valence-electron chi connectivity index (χ1n) is 6.12. The van der Waals surface area contributed by atoms with Crippen LogP contribution in [0.15, 0.2) is 22.7 Å². The van der Waals surface area contributed by atoms with Crippen molar-refractivity contribution in [2.75, 3.05) is 33.3 Å². The van der Waals surface area contributed by atoms with Crippen LogP contribution in [0.4, 0.5) is 0 Å². The number of ether oxygens (including phenoxy) is 1. The molecule has 1 aromatic carbocycles. The van der Waals surface area contributed by atoms with Crippen LogP contribution in [0.2, 0.25) is 0 Å². The Bertz CT molecular complexity index is 468. The van der Waals surface area contributed by atoms with Gasteiger partial charge in [-0.2, -0.15) is 0 Å². The monoisotopic (exact) mass is 438 g/mol. The van der Waals surface area contributed by atoms with Gasteiger partial charge in [0.15, 0.2) is 0 Å². The second-order valence-corrected chi connectivity index (χ2v) is 6.50. The number of carbonyl (C=O) groups excluding carboxylic acids is 1. The SMILES string of the molecule is CNCC1CN(C(=O)c2cc(Br)ccc2I)CCO1. The van der Waals surface area contributed by atoms with Crippen molar-refractivity contribution < 1.29 is 9.53 Å². The minimum Gasteiger partial charge on any atom is -0.373 e. The van der Waals surface area contributed by atoms with Crippen LogP contribution in [-0.4, -0.2) is 50.2 Å². The molecule has 0 spiro atoms. The highest BCUT2D eigenvalue weighted by molar-refractivity contribution is 14.1. The Kier molecular flexibility index (Phi) is 5.61. The maximum absolute atomic E-state index is 12.5. The van der Waals surface area contributed by atoms with Crippen molar-refractivity contribution in [1.29, 1.82) is 0 Å². The molecule has 0 bridgehead atoms. The summed E-state index contributed by atoms with van der Waals surface area (Å²) < 4.78 is 7.52. The topological polar surface area (TPSA) is 41.6 Å². The molecule has 0 aliphatic carbocycles. The molecule has 1 aliphatic heterocycles. The highest BCUT2D eigenvalue weighted by Crippen LogP contribution is 2.21. The molecule has 1 aromatic rings. The molecule has 1 aliphatic rings. The highest BCUT2D eigenvalue weighted by Gasteiger charge is 2.25. The van der Waals surface area contributed by atoms with Crippen molar-refractivity contribution >= 4 is 44.4 Å². The number of rotatable bonds is 3. The maximum Gasteiger partial charge on any atom is 0.255 e. The van der Waals surface area contributed by atoms with E-state index in [0.717, 1.165) is 20.2 Å². The van der Waals surface area contributed by atoms with Crippen LogP contribution >= 0.6 is 38.5 Å². The lowest BCUT2D eigenvalue weighted by Crippen LogP contribution is -2.48. The third-order valence-electron chi connectivity index (χ3n) is 3.02. The summed E-state index contributed by atoms with van der Waals surface area (Å²) in [6.07, 6.45) is 0.0764. The van der Waals surface area contributed by atoms with Gasteiger partial charge in [-0.05, 0) is 47.8 Å². The number of nitrogens with zero attached hydrogens (tertiary/aromatic N) is 1. The van der Waals surface area contributed by atoms with Crippen molar-refractivity contribution in [1.82, 2.24) is 10.2 Å². The molecule has 6 heteroatoms. The highest BCUT2D eigenvalue weighted by atomic mass is 127. The second-order valence-electron chi connectivity index (χ2n) is 4.43. The van der Waals surface area contributed by atoms with Crippen LogP contribution in [0.1, 0.15) is 10.4 Å². The molecule has 19 heavy (non-hydrogen) atoms. The number of morpholine rings is 1. The van der Waals surface area contributed by atoms with Crippen molar-refractivity contribution in [2.24, 2.45) is 0 Å². The lowest BCUT2D eigenvalue weighted by Gasteiger charge is -2.33. The Labute approximate surface area is 135 Å². The number of likely N-dealkylation sites (N-methyl/N-ethyl adjacent to an activating group) is 1. The maximum atomic E-state index is 12.5. The molecule has 2 rings (SSSR count). The fourth-order valence-electron chi connectivity index (χ4n) is 2.09. The Hall–Kier alpha value is -0.180. The lowest BCUT2D eigenvalue weighted by atomic mass is 10.1. The smallest absolute Gasteiger partial charge is 0.255 e. The number of carbonyl (C=O) groups is 1. The summed E-state index contributed by atoms with van der Waals surface area (Å²) >= 11 is 5.61. The molecule has 1 atom stereocenters. The van der Waals surface area contributed by atoms with E-state index in [2.05, 4.69) is 43.8 Å². The van der Waals surface area contributed by atoms with E-state index in [1.165, 1.54) is 0 Å². The number of halogens is 2. The number of nitrogens with one attached hydrogen (secondary N) is 1. The molecule has 1 fully saturated rings. The predicted molar refractivity (Wildman–Crippen MR) is 86.4 cm³/mol. The largest absolute Gasteiger partial charge is 0.373 e. The fourth-order valence-corrected chi connectivity index (χ4v) is 3.01. The predicted octanol–water partition coefficient (Wildman–Crippen LogP) is 2.11. The average Bonchev–Trinajstić information content (AvgIpc) is 2.41. The van der Waals surface area contributed by atoms with Crippen LogP contribution in [-0.2, 0) is 4.74 Å². The molecule has 0 saturated carbocycles. The summed E-state index contributed by atoms with van der Waals surface area (Å²) in [4.78, 5) is 14.4. The zero-order valence-electron chi connectivity index (χ0n) is 10.7. The number of benzene rings is 1. The van der Waals surface area contributed by atoms with E-state index >= 15 is 0 Å². The Morgan fingerprint density at radius 2 is 2.42 bits per heavy atom. The zero-order valence-corrected chi connectivity index (χ0v) is 14.4. The van der Waals surface area contributed by atoms with Gasteiger partial charge >= 0.3 is 0 Å². The van der Waals surface area contributed by atoms with Crippen LogP contribution in [0, 0.1) is 3.57 Å². The second kappa shape index (κ2) is 7.01. The molecular weight excluding hydrogens is 423 g/mol. The van der Waals surface area contributed by atoms with E-state index in [9.17, 15) is 4.79 Å². The Balaban J connectivity index is 2.12. The average molecular weight is 439 g/mol. The van der Waals surface area contributed by atoms with Gasteiger partial charge in [0, 0.05) is 27.7 Å². The number of hydrogen-bond donors (Lipinski definition) is 1. The van der Waals surface area contributed by atoms with Crippen molar-refractivity contribution in [3.05, 3.63) is 31.8 Å². The summed E-state index contributed by atoms with van der Waals surface area (Å²) in [5.41, 5.74) is 0.750. The van der Waals surface area contributed by atoms with Crippen LogP contribution in [0.3, 0.4) is 0 Å². The first kappa shape index (κ1) is 15.2. The lowest BCUT2D eigenvalue weighted by molar-refractivity contribution is -0.0196. The minimum atomic E-state index is 0.0764. The van der Waals surface area contributed by atoms with Crippen LogP contribution < -0.4 is 5.32 Å². The van der Waals surface area contributed by atoms with Gasteiger partial charge in [-0.25, -0.2) is 0 Å². The Morgan fingerprint density at radius 3 is 3.16 bits per heavy atom. The van der Waals surface area contributed by atoms with Gasteiger partial charge < -0.3 is 15.0 Å². The van der Waals surface area contributed by atoms with Crippen molar-refractivity contribution in [3.8, 4) is 0 Å². The van der Waals surface area contributed by atoms with E-state index in [1.54, 1.807) is 0 Å². The van der Waals surface area contributed by atoms with Gasteiger partial charge in [0.1, 0.15) is 0 Å². The summed E-state index contributed by atoms with van der Waals surface area (Å²) in [5, 5.41) is 3.09. The molecule has 0 radical (unpaired) electrons. The van der Waals surface area contributed by atoms with E-state index in [4.69, 9.17) is 4.74 Å². The molecule has 104 valence electrons. The molecule has 1 unspecified atom stereocenters. The summed E-state index contributed by atoms with van der Waals surface area (Å²) in [6, 6.07) is 5.78. The number of hydrogen-bond acceptors (Lipinski definition) is 3. The van der Waals surface area contributed by atoms with Gasteiger partial charge in [0.25, 0.3) is 5.91 Å². The normalized spacial score (nSPS) is 19.5. The fraction of sp³-hybridized carbons (Fsp3) is 0.462. The van der Waals surface area contributed by atoms with Gasteiger partial charge in [-0.1, -0.05) is 15.9 Å². The zero-order chi connectivity index (χ0) is 13.8. The third-order valence-corrected chi connectivity index (χ3v) is 4.45. The summed E-state index contributed by atoms with van der Waals surface area (Å²) in [6.45, 7) is 2.66. The molecule has 1 heterocycles. The van der Waals surface area contributed by atoms with Crippen LogP contribution in [0.5, 0.6) is 0 Å². The van der Waals surface area contributed by atoms with Gasteiger partial charge in [0.05, 0.1) is 18.3 Å². The minimum absolute atomic E-state index is 0.0764. The van der Waals surface area contributed by atoms with Gasteiger partial charge in [-0.3, -0.25) is 4.79 Å². The summed E-state index contributed by atoms with van der Waals surface area (Å²) in [7, 11) is 1.89.